The zero-order chi connectivity index (χ0) is 17.0. The molecule has 0 unspecified atom stereocenters. The van der Waals surface area contributed by atoms with Crippen molar-refractivity contribution in [3.8, 4) is 0 Å². The second-order valence-electron chi connectivity index (χ2n) is 5.21. The largest absolute Gasteiger partial charge is 0.368 e. The molecule has 0 aliphatic carbocycles. The minimum absolute atomic E-state index is 0.0191. The van der Waals surface area contributed by atoms with E-state index < -0.39 is 0 Å². The van der Waals surface area contributed by atoms with Gasteiger partial charge in [-0.3, -0.25) is 4.79 Å². The molecule has 0 saturated carbocycles. The average Bonchev–Trinajstić information content (AvgIpc) is 2.48. The van der Waals surface area contributed by atoms with Gasteiger partial charge in [-0.2, -0.15) is 15.0 Å². The lowest BCUT2D eigenvalue weighted by molar-refractivity contribution is -0.114. The molecule has 1 aromatic heterocycles. The predicted molar refractivity (Wildman–Crippen MR) is 93.6 cm³/mol. The lowest BCUT2D eigenvalue weighted by Crippen LogP contribution is -2.16. The first-order valence-electron chi connectivity index (χ1n) is 7.08. The van der Waals surface area contributed by atoms with Gasteiger partial charge in [-0.05, 0) is 31.2 Å². The van der Waals surface area contributed by atoms with Crippen molar-refractivity contribution in [3.63, 3.8) is 0 Å². The number of nitrogen functional groups attached to an aromatic ring is 1. The lowest BCUT2D eigenvalue weighted by Gasteiger charge is -2.15. The Labute approximate surface area is 139 Å². The molecular weight excluding hydrogens is 312 g/mol. The first kappa shape index (κ1) is 17.0. The Balaban J connectivity index is 2.12. The van der Waals surface area contributed by atoms with E-state index in [1.165, 1.54) is 6.92 Å². The molecule has 0 fully saturated rings. The summed E-state index contributed by atoms with van der Waals surface area (Å²) in [4.78, 5) is 26.6. The number of nitrogens with two attached hydrogens (primary N) is 1. The van der Waals surface area contributed by atoms with Crippen LogP contribution in [0.5, 0.6) is 0 Å². The maximum absolute atomic E-state index is 11.0. The Bertz CT molecular complexity index is 689. The molecule has 1 heterocycles. The number of carbonyl (C=O) groups is 1. The summed E-state index contributed by atoms with van der Waals surface area (Å²) in [5, 5.41) is 2.76. The van der Waals surface area contributed by atoms with Crippen molar-refractivity contribution in [3.05, 3.63) is 30.1 Å². The molecule has 0 aliphatic heterocycles. The number of benzene rings is 1. The van der Waals surface area contributed by atoms with Gasteiger partial charge in [-0.25, -0.2) is 0 Å². The minimum atomic E-state index is -0.0874. The first-order valence-corrected chi connectivity index (χ1v) is 7.96. The number of anilines is 3. The van der Waals surface area contributed by atoms with Gasteiger partial charge < -0.3 is 16.0 Å². The summed E-state index contributed by atoms with van der Waals surface area (Å²) in [5.41, 5.74) is 6.53. The van der Waals surface area contributed by atoms with Crippen LogP contribution < -0.4 is 16.0 Å². The summed E-state index contributed by atoms with van der Waals surface area (Å²) in [7, 11) is 3.72. The van der Waals surface area contributed by atoms with Crippen LogP contribution in [0.3, 0.4) is 0 Å². The number of hydrogen-bond acceptors (Lipinski definition) is 7. The Morgan fingerprint density at radius 2 is 1.87 bits per heavy atom. The Kier molecular flexibility index (Phi) is 5.38. The van der Waals surface area contributed by atoms with E-state index in [0.717, 1.165) is 10.6 Å². The van der Waals surface area contributed by atoms with Crippen molar-refractivity contribution >= 4 is 35.3 Å². The fourth-order valence-corrected chi connectivity index (χ4v) is 2.77. The molecule has 0 spiro atoms. The van der Waals surface area contributed by atoms with Crippen molar-refractivity contribution < 1.29 is 4.79 Å². The first-order chi connectivity index (χ1) is 10.8. The number of hydrogen-bond donors (Lipinski definition) is 2. The maximum Gasteiger partial charge on any atom is 0.229 e. The number of carbonyl (C=O) groups excluding carboxylic acids is 1. The van der Waals surface area contributed by atoms with Crippen LogP contribution in [0.1, 0.15) is 24.9 Å². The topological polar surface area (TPSA) is 97.0 Å². The highest BCUT2D eigenvalue weighted by Gasteiger charge is 2.14. The number of nitrogens with zero attached hydrogens (tertiary/aromatic N) is 4. The third-order valence-corrected chi connectivity index (χ3v) is 4.02. The second-order valence-corrected chi connectivity index (χ2v) is 6.63. The van der Waals surface area contributed by atoms with Crippen molar-refractivity contribution in [2.24, 2.45) is 0 Å². The fourth-order valence-electron chi connectivity index (χ4n) is 1.86. The molecule has 1 atom stereocenters. The lowest BCUT2D eigenvalue weighted by atomic mass is 10.3. The molecule has 122 valence electrons. The van der Waals surface area contributed by atoms with Crippen molar-refractivity contribution in [2.75, 3.05) is 30.0 Å². The van der Waals surface area contributed by atoms with Crippen LogP contribution in [0.4, 0.5) is 17.6 Å². The van der Waals surface area contributed by atoms with Crippen LogP contribution in [0.25, 0.3) is 0 Å². The Morgan fingerprint density at radius 1 is 1.22 bits per heavy atom. The normalized spacial score (nSPS) is 11.8. The third kappa shape index (κ3) is 4.82. The number of nitrogens with one attached hydrogen (secondary N) is 1. The molecule has 0 radical (unpaired) electrons. The van der Waals surface area contributed by atoms with E-state index in [9.17, 15) is 4.79 Å². The van der Waals surface area contributed by atoms with Gasteiger partial charge in [0, 0.05) is 31.6 Å². The molecular formula is C15H20N6OS. The van der Waals surface area contributed by atoms with Crippen molar-refractivity contribution in [2.45, 2.75) is 24.0 Å². The molecule has 1 aromatic carbocycles. The van der Waals surface area contributed by atoms with Gasteiger partial charge in [0.1, 0.15) is 5.82 Å². The second kappa shape index (κ2) is 7.28. The van der Waals surface area contributed by atoms with Gasteiger partial charge in [0.25, 0.3) is 0 Å². The summed E-state index contributed by atoms with van der Waals surface area (Å²) in [6.45, 7) is 3.50. The number of amides is 1. The van der Waals surface area contributed by atoms with E-state index in [1.807, 2.05) is 45.3 Å². The molecule has 0 aliphatic rings. The van der Waals surface area contributed by atoms with E-state index in [2.05, 4.69) is 20.3 Å². The van der Waals surface area contributed by atoms with Gasteiger partial charge in [-0.15, -0.1) is 11.8 Å². The highest BCUT2D eigenvalue weighted by molar-refractivity contribution is 7.99. The summed E-state index contributed by atoms with van der Waals surface area (Å²) in [6, 6.07) is 7.63. The van der Waals surface area contributed by atoms with Gasteiger partial charge >= 0.3 is 0 Å². The van der Waals surface area contributed by atoms with Crippen LogP contribution in [-0.4, -0.2) is 35.0 Å². The standard InChI is InChI=1S/C15H20N6OS/c1-9(13-18-14(16)20-15(19-13)21(3)4)23-12-7-5-11(6-8-12)17-10(2)22/h5-9H,1-4H3,(H,17,22)(H2,16,18,19,20)/t9-/m0/s1. The highest BCUT2D eigenvalue weighted by atomic mass is 32.2. The van der Waals surface area contributed by atoms with Crippen LogP contribution in [0.15, 0.2) is 29.2 Å². The molecule has 23 heavy (non-hydrogen) atoms. The molecule has 2 rings (SSSR count). The maximum atomic E-state index is 11.0. The SMILES string of the molecule is CC(=O)Nc1ccc(S[C@@H](C)c2nc(N)nc(N(C)C)n2)cc1. The molecule has 3 N–H and O–H groups in total. The van der Waals surface area contributed by atoms with Crippen molar-refractivity contribution in [1.29, 1.82) is 0 Å². The number of rotatable bonds is 5. The van der Waals surface area contributed by atoms with E-state index in [1.54, 1.807) is 16.7 Å². The molecule has 7 nitrogen and oxygen atoms in total. The monoisotopic (exact) mass is 332 g/mol. The van der Waals surface area contributed by atoms with E-state index >= 15 is 0 Å². The Morgan fingerprint density at radius 3 is 2.43 bits per heavy atom. The molecule has 0 saturated heterocycles. The molecule has 1 amide bonds. The minimum Gasteiger partial charge on any atom is -0.368 e. The predicted octanol–water partition coefficient (Wildman–Crippen LogP) is 2.33. The number of aromatic nitrogens is 3. The van der Waals surface area contributed by atoms with Crippen LogP contribution in [-0.2, 0) is 4.79 Å². The molecule has 0 bridgehead atoms. The van der Waals surface area contributed by atoms with Crippen molar-refractivity contribution in [1.82, 2.24) is 15.0 Å². The van der Waals surface area contributed by atoms with E-state index in [4.69, 9.17) is 5.73 Å². The summed E-state index contributed by atoms with van der Waals surface area (Å²) >= 11 is 1.61. The summed E-state index contributed by atoms with van der Waals surface area (Å²) in [6.07, 6.45) is 0. The van der Waals surface area contributed by atoms with Crippen LogP contribution in [0, 0.1) is 0 Å². The smallest absolute Gasteiger partial charge is 0.229 e. The van der Waals surface area contributed by atoms with E-state index in [-0.39, 0.29) is 17.1 Å². The summed E-state index contributed by atoms with van der Waals surface area (Å²) in [5.74, 6) is 1.31. The summed E-state index contributed by atoms with van der Waals surface area (Å²) < 4.78 is 0. The van der Waals surface area contributed by atoms with Gasteiger partial charge in [0.05, 0.1) is 5.25 Å². The fraction of sp³-hybridized carbons (Fsp3) is 0.333. The van der Waals surface area contributed by atoms with Gasteiger partial charge in [0.2, 0.25) is 17.8 Å². The van der Waals surface area contributed by atoms with Crippen LogP contribution >= 0.6 is 11.8 Å². The van der Waals surface area contributed by atoms with E-state index in [0.29, 0.717) is 11.8 Å². The van der Waals surface area contributed by atoms with Crippen LogP contribution in [0.2, 0.25) is 0 Å². The average molecular weight is 332 g/mol. The van der Waals surface area contributed by atoms with Gasteiger partial charge in [-0.1, -0.05) is 0 Å². The quantitative estimate of drug-likeness (QED) is 0.811. The zero-order valence-corrected chi connectivity index (χ0v) is 14.4. The number of thioether (sulfide) groups is 1. The Hall–Kier alpha value is -2.35. The molecule has 2 aromatic rings. The third-order valence-electron chi connectivity index (χ3n) is 2.91. The highest BCUT2D eigenvalue weighted by Crippen LogP contribution is 2.34. The zero-order valence-electron chi connectivity index (χ0n) is 13.6. The van der Waals surface area contributed by atoms with Gasteiger partial charge in [0.15, 0.2) is 0 Å². The molecule has 8 heteroatoms.